The molecule has 0 bridgehead atoms. The van der Waals surface area contributed by atoms with Gasteiger partial charge in [0, 0.05) is 13.1 Å². The zero-order valence-electron chi connectivity index (χ0n) is 12.6. The van der Waals surface area contributed by atoms with E-state index in [2.05, 4.69) is 25.3 Å². The zero-order valence-corrected chi connectivity index (χ0v) is 12.6. The van der Waals surface area contributed by atoms with Crippen molar-refractivity contribution in [2.24, 2.45) is 11.8 Å². The summed E-state index contributed by atoms with van der Waals surface area (Å²) in [5.74, 6) is 6.59. The van der Waals surface area contributed by atoms with Crippen LogP contribution in [0.2, 0.25) is 0 Å². The van der Waals surface area contributed by atoms with Crippen LogP contribution in [0.3, 0.4) is 0 Å². The summed E-state index contributed by atoms with van der Waals surface area (Å²) in [6.07, 6.45) is 2.45. The van der Waals surface area contributed by atoms with E-state index in [0.717, 1.165) is 32.4 Å². The Kier molecular flexibility index (Phi) is 5.51. The van der Waals surface area contributed by atoms with Gasteiger partial charge in [0.15, 0.2) is 0 Å². The number of piperidine rings is 1. The number of nitrogens with two attached hydrogens (primary N) is 1. The van der Waals surface area contributed by atoms with Gasteiger partial charge in [-0.15, -0.1) is 0 Å². The third kappa shape index (κ3) is 4.15. The van der Waals surface area contributed by atoms with Crippen LogP contribution in [0, 0.1) is 5.92 Å². The fourth-order valence-electron chi connectivity index (χ4n) is 2.39. The van der Waals surface area contributed by atoms with Crippen LogP contribution in [-0.2, 0) is 0 Å². The Morgan fingerprint density at radius 2 is 2.10 bits per heavy atom. The van der Waals surface area contributed by atoms with Crippen molar-refractivity contribution < 1.29 is 9.84 Å². The average molecular weight is 296 g/mol. The summed E-state index contributed by atoms with van der Waals surface area (Å²) in [4.78, 5) is 14.8. The molecule has 0 radical (unpaired) electrons. The van der Waals surface area contributed by atoms with Crippen molar-refractivity contribution in [3.05, 3.63) is 0 Å². The number of nitrogens with zero attached hydrogens (tertiary/aromatic N) is 4. The number of ether oxygens (including phenoxy) is 1. The first-order valence-electron chi connectivity index (χ1n) is 7.42. The Morgan fingerprint density at radius 1 is 1.38 bits per heavy atom. The number of hydrogen-bond donors (Lipinski definition) is 3. The predicted octanol–water partition coefficient (Wildman–Crippen LogP) is 0.543. The van der Waals surface area contributed by atoms with E-state index < -0.39 is 0 Å². The Balaban J connectivity index is 2.08. The highest BCUT2D eigenvalue weighted by molar-refractivity contribution is 5.38. The van der Waals surface area contributed by atoms with Gasteiger partial charge in [-0.05, 0) is 32.1 Å². The van der Waals surface area contributed by atoms with Gasteiger partial charge in [-0.2, -0.15) is 15.0 Å². The van der Waals surface area contributed by atoms with Gasteiger partial charge in [0.25, 0.3) is 0 Å². The summed E-state index contributed by atoms with van der Waals surface area (Å²) in [6, 6.07) is 0.285. The number of aliphatic hydroxyl groups is 1. The molecule has 1 aromatic rings. The second-order valence-corrected chi connectivity index (χ2v) is 5.30. The molecule has 0 amide bonds. The molecule has 1 unspecified atom stereocenters. The van der Waals surface area contributed by atoms with Gasteiger partial charge in [0.05, 0.1) is 12.7 Å². The van der Waals surface area contributed by atoms with E-state index in [4.69, 9.17) is 10.6 Å². The normalized spacial score (nSPS) is 17.6. The maximum Gasteiger partial charge on any atom is 0.323 e. The van der Waals surface area contributed by atoms with Gasteiger partial charge in [-0.3, -0.25) is 5.43 Å². The molecule has 8 heteroatoms. The van der Waals surface area contributed by atoms with Crippen LogP contribution in [-0.4, -0.2) is 45.9 Å². The van der Waals surface area contributed by atoms with Crippen LogP contribution in [0.1, 0.15) is 33.1 Å². The zero-order chi connectivity index (χ0) is 15.2. The summed E-state index contributed by atoms with van der Waals surface area (Å²) in [6.45, 7) is 6.02. The largest absolute Gasteiger partial charge is 0.463 e. The number of rotatable bonds is 6. The highest BCUT2D eigenvalue weighted by Gasteiger charge is 2.24. The van der Waals surface area contributed by atoms with Gasteiger partial charge in [-0.1, -0.05) is 6.92 Å². The third-order valence-electron chi connectivity index (χ3n) is 3.67. The van der Waals surface area contributed by atoms with Gasteiger partial charge in [0.1, 0.15) is 0 Å². The quantitative estimate of drug-likeness (QED) is 0.515. The summed E-state index contributed by atoms with van der Waals surface area (Å²) in [5, 5.41) is 9.65. The average Bonchev–Trinajstić information content (AvgIpc) is 2.52. The molecule has 1 aliphatic rings. The molecule has 0 saturated carbocycles. The molecule has 4 N–H and O–H groups in total. The third-order valence-corrected chi connectivity index (χ3v) is 3.67. The Bertz CT molecular complexity index is 448. The maximum absolute atomic E-state index is 9.65. The van der Waals surface area contributed by atoms with Crippen molar-refractivity contribution in [1.29, 1.82) is 0 Å². The van der Waals surface area contributed by atoms with Crippen LogP contribution >= 0.6 is 0 Å². The lowest BCUT2D eigenvalue weighted by Gasteiger charge is -2.33. The lowest BCUT2D eigenvalue weighted by Crippen LogP contribution is -2.38. The second kappa shape index (κ2) is 7.37. The molecule has 1 saturated heterocycles. The molecular weight excluding hydrogens is 272 g/mol. The van der Waals surface area contributed by atoms with E-state index in [9.17, 15) is 5.11 Å². The molecule has 8 nitrogen and oxygen atoms in total. The molecule has 0 spiro atoms. The molecule has 2 heterocycles. The van der Waals surface area contributed by atoms with Gasteiger partial charge in [-0.25, -0.2) is 5.84 Å². The van der Waals surface area contributed by atoms with Crippen molar-refractivity contribution in [2.45, 2.75) is 39.2 Å². The summed E-state index contributed by atoms with van der Waals surface area (Å²) < 4.78 is 5.46. The van der Waals surface area contributed by atoms with E-state index in [1.165, 1.54) is 0 Å². The Morgan fingerprint density at radius 3 is 2.67 bits per heavy atom. The van der Waals surface area contributed by atoms with Gasteiger partial charge in [0.2, 0.25) is 11.9 Å². The minimum atomic E-state index is -0.268. The number of aromatic nitrogens is 3. The van der Waals surface area contributed by atoms with E-state index in [1.807, 2.05) is 13.8 Å². The predicted molar refractivity (Wildman–Crippen MR) is 80.0 cm³/mol. The second-order valence-electron chi connectivity index (χ2n) is 5.30. The first-order chi connectivity index (χ1) is 10.1. The van der Waals surface area contributed by atoms with Crippen LogP contribution in [0.15, 0.2) is 0 Å². The molecule has 1 aliphatic heterocycles. The molecule has 1 aromatic heterocycles. The Labute approximate surface area is 124 Å². The maximum atomic E-state index is 9.65. The van der Waals surface area contributed by atoms with E-state index in [0.29, 0.717) is 24.4 Å². The van der Waals surface area contributed by atoms with Crippen LogP contribution in [0.5, 0.6) is 6.01 Å². The van der Waals surface area contributed by atoms with E-state index >= 15 is 0 Å². The van der Waals surface area contributed by atoms with Crippen molar-refractivity contribution >= 4 is 11.9 Å². The number of nitrogens with one attached hydrogen (secondary N) is 1. The number of hydrogen-bond acceptors (Lipinski definition) is 8. The smallest absolute Gasteiger partial charge is 0.323 e. The Hall–Kier alpha value is -1.67. The number of anilines is 2. The van der Waals surface area contributed by atoms with Crippen molar-refractivity contribution in [1.82, 2.24) is 15.0 Å². The molecule has 2 rings (SSSR count). The van der Waals surface area contributed by atoms with E-state index in [1.54, 1.807) is 0 Å². The molecular formula is C13H24N6O2. The minimum Gasteiger partial charge on any atom is -0.463 e. The number of nitrogen functional groups attached to an aromatic ring is 1. The van der Waals surface area contributed by atoms with E-state index in [-0.39, 0.29) is 12.1 Å². The fraction of sp³-hybridized carbons (Fsp3) is 0.769. The highest BCUT2D eigenvalue weighted by atomic mass is 16.5. The standard InChI is InChI=1S/C13H24N6O2/c1-3-8-21-13-16-11(18-14)15-12(17-13)19-6-4-10(5-7-19)9(2)20/h9-10,20H,3-8,14H2,1-2H3,(H,15,16,17,18). The molecule has 21 heavy (non-hydrogen) atoms. The molecule has 1 atom stereocenters. The van der Waals surface area contributed by atoms with Crippen LogP contribution in [0.25, 0.3) is 0 Å². The number of hydrazine groups is 1. The monoisotopic (exact) mass is 296 g/mol. The van der Waals surface area contributed by atoms with Crippen molar-refractivity contribution in [3.63, 3.8) is 0 Å². The summed E-state index contributed by atoms with van der Waals surface area (Å²) in [7, 11) is 0. The SMILES string of the molecule is CCCOc1nc(NN)nc(N2CCC(C(C)O)CC2)n1. The number of aliphatic hydroxyl groups excluding tert-OH is 1. The van der Waals surface area contributed by atoms with Crippen molar-refractivity contribution in [3.8, 4) is 6.01 Å². The highest BCUT2D eigenvalue weighted by Crippen LogP contribution is 2.24. The van der Waals surface area contributed by atoms with Crippen molar-refractivity contribution in [2.75, 3.05) is 30.0 Å². The summed E-state index contributed by atoms with van der Waals surface area (Å²) >= 11 is 0. The first-order valence-corrected chi connectivity index (χ1v) is 7.42. The first kappa shape index (κ1) is 15.7. The fourth-order valence-corrected chi connectivity index (χ4v) is 2.39. The van der Waals surface area contributed by atoms with Gasteiger partial charge >= 0.3 is 6.01 Å². The minimum absolute atomic E-state index is 0.268. The molecule has 0 aliphatic carbocycles. The van der Waals surface area contributed by atoms with Crippen LogP contribution in [0.4, 0.5) is 11.9 Å². The topological polar surface area (TPSA) is 109 Å². The lowest BCUT2D eigenvalue weighted by molar-refractivity contribution is 0.109. The lowest BCUT2D eigenvalue weighted by atomic mass is 9.92. The molecule has 1 fully saturated rings. The summed E-state index contributed by atoms with van der Waals surface area (Å²) in [5.41, 5.74) is 2.44. The molecule has 0 aromatic carbocycles. The van der Waals surface area contributed by atoms with Gasteiger partial charge < -0.3 is 14.7 Å². The molecule has 118 valence electrons. The van der Waals surface area contributed by atoms with Crippen LogP contribution < -0.4 is 20.9 Å².